The maximum absolute atomic E-state index is 5.94. The highest BCUT2D eigenvalue weighted by molar-refractivity contribution is 5.37. The summed E-state index contributed by atoms with van der Waals surface area (Å²) in [6, 6.07) is 8.96. The molecule has 19 heavy (non-hydrogen) atoms. The Morgan fingerprint density at radius 2 is 2.00 bits per heavy atom. The number of ether oxygens (including phenoxy) is 1. The van der Waals surface area contributed by atoms with Crippen LogP contribution in [0.15, 0.2) is 24.3 Å². The van der Waals surface area contributed by atoms with E-state index in [1.165, 1.54) is 24.8 Å². The molecule has 2 unspecified atom stereocenters. The van der Waals surface area contributed by atoms with Crippen molar-refractivity contribution in [3.8, 4) is 5.75 Å². The lowest BCUT2D eigenvalue weighted by Crippen LogP contribution is -2.35. The van der Waals surface area contributed by atoms with Gasteiger partial charge in [-0.1, -0.05) is 44.9 Å². The molecule has 0 saturated heterocycles. The molecule has 0 aromatic heterocycles. The Morgan fingerprint density at radius 3 is 2.74 bits per heavy atom. The lowest BCUT2D eigenvalue weighted by molar-refractivity contribution is 0.221. The fraction of sp³-hybridized carbons (Fsp3) is 0.647. The van der Waals surface area contributed by atoms with Crippen molar-refractivity contribution in [1.29, 1.82) is 0 Å². The summed E-state index contributed by atoms with van der Waals surface area (Å²) < 4.78 is 5.94. The molecule has 2 rings (SSSR count). The molecule has 0 fully saturated rings. The van der Waals surface area contributed by atoms with E-state index in [1.54, 1.807) is 0 Å². The predicted molar refractivity (Wildman–Crippen MR) is 80.7 cm³/mol. The summed E-state index contributed by atoms with van der Waals surface area (Å²) in [6.45, 7) is 7.82. The molecule has 0 bridgehead atoms. The van der Waals surface area contributed by atoms with Crippen molar-refractivity contribution in [2.24, 2.45) is 5.92 Å². The topological polar surface area (TPSA) is 21.3 Å². The minimum Gasteiger partial charge on any atom is -0.488 e. The second-order valence-electron chi connectivity index (χ2n) is 6.19. The molecule has 106 valence electrons. The zero-order chi connectivity index (χ0) is 13.7. The van der Waals surface area contributed by atoms with Crippen LogP contribution in [0.4, 0.5) is 0 Å². The second kappa shape index (κ2) is 6.95. The van der Waals surface area contributed by atoms with Crippen molar-refractivity contribution in [3.05, 3.63) is 29.8 Å². The van der Waals surface area contributed by atoms with Crippen LogP contribution < -0.4 is 10.1 Å². The van der Waals surface area contributed by atoms with Gasteiger partial charge in [-0.05, 0) is 30.9 Å². The molecule has 2 heteroatoms. The number of para-hydroxylation sites is 1. The Hall–Kier alpha value is -1.02. The fourth-order valence-corrected chi connectivity index (χ4v) is 2.63. The molecule has 2 atom stereocenters. The number of nitrogens with one attached hydrogen (secondary N) is 1. The van der Waals surface area contributed by atoms with E-state index in [0.29, 0.717) is 12.1 Å². The van der Waals surface area contributed by atoms with E-state index in [9.17, 15) is 0 Å². The van der Waals surface area contributed by atoms with Crippen molar-refractivity contribution in [2.45, 2.75) is 58.6 Å². The highest BCUT2D eigenvalue weighted by Crippen LogP contribution is 2.27. The molecular weight excluding hydrogens is 234 g/mol. The van der Waals surface area contributed by atoms with Crippen molar-refractivity contribution >= 4 is 0 Å². The Bertz CT molecular complexity index is 364. The lowest BCUT2D eigenvalue weighted by atomic mass is 10.0. The SMILES string of the molecule is CC(C)CCCC(C)NCC1Cc2ccccc2O1. The quantitative estimate of drug-likeness (QED) is 0.806. The first-order valence-electron chi connectivity index (χ1n) is 7.63. The fourth-order valence-electron chi connectivity index (χ4n) is 2.63. The van der Waals surface area contributed by atoms with Gasteiger partial charge in [0, 0.05) is 19.0 Å². The molecule has 0 saturated carbocycles. The van der Waals surface area contributed by atoms with Crippen LogP contribution in [0.25, 0.3) is 0 Å². The predicted octanol–water partition coefficient (Wildman–Crippen LogP) is 3.79. The minimum atomic E-state index is 0.310. The molecule has 2 nitrogen and oxygen atoms in total. The Kier molecular flexibility index (Phi) is 5.26. The molecule has 0 aliphatic carbocycles. The van der Waals surface area contributed by atoms with Crippen LogP contribution in [-0.2, 0) is 6.42 Å². The van der Waals surface area contributed by atoms with Gasteiger partial charge in [-0.2, -0.15) is 0 Å². The zero-order valence-electron chi connectivity index (χ0n) is 12.5. The van der Waals surface area contributed by atoms with E-state index < -0.39 is 0 Å². The summed E-state index contributed by atoms with van der Waals surface area (Å²) in [5.74, 6) is 1.89. The number of hydrogen-bond acceptors (Lipinski definition) is 2. The van der Waals surface area contributed by atoms with Crippen LogP contribution in [0.2, 0.25) is 0 Å². The van der Waals surface area contributed by atoms with E-state index in [2.05, 4.69) is 44.3 Å². The third kappa shape index (κ3) is 4.54. The second-order valence-corrected chi connectivity index (χ2v) is 6.19. The van der Waals surface area contributed by atoms with Gasteiger partial charge in [0.1, 0.15) is 11.9 Å². The van der Waals surface area contributed by atoms with E-state index >= 15 is 0 Å². The molecule has 1 aromatic carbocycles. The average Bonchev–Trinajstić information content (AvgIpc) is 2.78. The molecule has 1 aliphatic heterocycles. The molecule has 1 heterocycles. The number of benzene rings is 1. The van der Waals surface area contributed by atoms with E-state index in [-0.39, 0.29) is 0 Å². The average molecular weight is 261 g/mol. The third-order valence-electron chi connectivity index (χ3n) is 3.83. The first kappa shape index (κ1) is 14.4. The molecule has 0 amide bonds. The van der Waals surface area contributed by atoms with Gasteiger partial charge in [-0.25, -0.2) is 0 Å². The van der Waals surface area contributed by atoms with Crippen LogP contribution in [-0.4, -0.2) is 18.7 Å². The van der Waals surface area contributed by atoms with Gasteiger partial charge in [-0.3, -0.25) is 0 Å². The highest BCUT2D eigenvalue weighted by atomic mass is 16.5. The highest BCUT2D eigenvalue weighted by Gasteiger charge is 2.22. The van der Waals surface area contributed by atoms with Crippen LogP contribution in [0.3, 0.4) is 0 Å². The van der Waals surface area contributed by atoms with Crippen molar-refractivity contribution in [1.82, 2.24) is 5.32 Å². The van der Waals surface area contributed by atoms with Gasteiger partial charge in [0.05, 0.1) is 0 Å². The van der Waals surface area contributed by atoms with E-state index in [0.717, 1.165) is 24.6 Å². The molecule has 0 spiro atoms. The van der Waals surface area contributed by atoms with Crippen LogP contribution >= 0.6 is 0 Å². The normalized spacial score (nSPS) is 19.3. The van der Waals surface area contributed by atoms with Gasteiger partial charge in [-0.15, -0.1) is 0 Å². The van der Waals surface area contributed by atoms with Gasteiger partial charge in [0.25, 0.3) is 0 Å². The Balaban J connectivity index is 1.65. The van der Waals surface area contributed by atoms with Crippen molar-refractivity contribution in [2.75, 3.05) is 6.54 Å². The summed E-state index contributed by atoms with van der Waals surface area (Å²) in [4.78, 5) is 0. The first-order valence-corrected chi connectivity index (χ1v) is 7.63. The van der Waals surface area contributed by atoms with Crippen LogP contribution in [0.5, 0.6) is 5.75 Å². The number of hydrogen-bond donors (Lipinski definition) is 1. The summed E-state index contributed by atoms with van der Waals surface area (Å²) in [5.41, 5.74) is 1.35. The standard InChI is InChI=1S/C17H27NO/c1-13(2)7-6-8-14(3)18-12-16-11-15-9-4-5-10-17(15)19-16/h4-5,9-10,13-14,16,18H,6-8,11-12H2,1-3H3. The molecule has 0 radical (unpaired) electrons. The maximum atomic E-state index is 5.94. The first-order chi connectivity index (χ1) is 9.15. The van der Waals surface area contributed by atoms with Gasteiger partial charge in [0.15, 0.2) is 0 Å². The smallest absolute Gasteiger partial charge is 0.123 e. The van der Waals surface area contributed by atoms with Gasteiger partial charge in [0.2, 0.25) is 0 Å². The molecular formula is C17H27NO. The monoisotopic (exact) mass is 261 g/mol. The van der Waals surface area contributed by atoms with Gasteiger partial charge < -0.3 is 10.1 Å². The number of rotatable bonds is 7. The largest absolute Gasteiger partial charge is 0.488 e. The number of fused-ring (bicyclic) bond motifs is 1. The van der Waals surface area contributed by atoms with Crippen LogP contribution in [0.1, 0.15) is 45.6 Å². The lowest BCUT2D eigenvalue weighted by Gasteiger charge is -2.17. The van der Waals surface area contributed by atoms with E-state index in [4.69, 9.17) is 4.74 Å². The van der Waals surface area contributed by atoms with Crippen molar-refractivity contribution < 1.29 is 4.74 Å². The van der Waals surface area contributed by atoms with Crippen molar-refractivity contribution in [3.63, 3.8) is 0 Å². The third-order valence-corrected chi connectivity index (χ3v) is 3.83. The summed E-state index contributed by atoms with van der Waals surface area (Å²) in [5, 5.41) is 3.61. The summed E-state index contributed by atoms with van der Waals surface area (Å²) in [7, 11) is 0. The van der Waals surface area contributed by atoms with Gasteiger partial charge >= 0.3 is 0 Å². The summed E-state index contributed by atoms with van der Waals surface area (Å²) >= 11 is 0. The molecule has 1 aliphatic rings. The Labute approximate surface area is 117 Å². The molecule has 1 aromatic rings. The summed E-state index contributed by atoms with van der Waals surface area (Å²) in [6.07, 6.45) is 5.26. The maximum Gasteiger partial charge on any atom is 0.123 e. The minimum absolute atomic E-state index is 0.310. The van der Waals surface area contributed by atoms with E-state index in [1.807, 2.05) is 6.07 Å². The zero-order valence-corrected chi connectivity index (χ0v) is 12.5. The Morgan fingerprint density at radius 1 is 1.21 bits per heavy atom. The van der Waals surface area contributed by atoms with Crippen LogP contribution in [0, 0.1) is 5.92 Å². The molecule has 1 N–H and O–H groups in total.